The Kier molecular flexibility index (Phi) is 4.80. The standard InChI is InChI=1S/C16H26N4O2S/c1-7-16(5,6)13-18-19-14(23-13)17-12(22)10-8-11(21)20(9-10)15(2,3)4/h10H,7-9H2,1-6H3,(H,17,19,22)/t10-/m1/s1. The Hall–Kier alpha value is -1.50. The summed E-state index contributed by atoms with van der Waals surface area (Å²) in [5.74, 6) is -0.446. The highest BCUT2D eigenvalue weighted by molar-refractivity contribution is 7.15. The van der Waals surface area contributed by atoms with Crippen molar-refractivity contribution in [1.82, 2.24) is 15.1 Å². The average Bonchev–Trinajstić information content (AvgIpc) is 3.05. The lowest BCUT2D eigenvalue weighted by Gasteiger charge is -2.31. The molecule has 1 aromatic rings. The zero-order valence-electron chi connectivity index (χ0n) is 14.8. The Morgan fingerprint density at radius 3 is 2.48 bits per heavy atom. The Morgan fingerprint density at radius 1 is 1.30 bits per heavy atom. The monoisotopic (exact) mass is 338 g/mol. The van der Waals surface area contributed by atoms with E-state index >= 15 is 0 Å². The van der Waals surface area contributed by atoms with Crippen LogP contribution in [0, 0.1) is 5.92 Å². The molecule has 1 aromatic heterocycles. The van der Waals surface area contributed by atoms with Crippen LogP contribution in [0.5, 0.6) is 0 Å². The molecule has 1 aliphatic rings. The fourth-order valence-corrected chi connectivity index (χ4v) is 3.36. The molecule has 0 unspecified atom stereocenters. The summed E-state index contributed by atoms with van der Waals surface area (Å²) in [7, 11) is 0. The van der Waals surface area contributed by atoms with Gasteiger partial charge in [-0.1, -0.05) is 32.1 Å². The Labute approximate surface area is 141 Å². The number of amides is 2. The predicted molar refractivity (Wildman–Crippen MR) is 91.4 cm³/mol. The molecule has 2 amide bonds. The minimum atomic E-state index is -0.326. The molecule has 0 spiro atoms. The summed E-state index contributed by atoms with van der Waals surface area (Å²) in [6, 6.07) is 0. The number of nitrogens with zero attached hydrogens (tertiary/aromatic N) is 3. The van der Waals surface area contributed by atoms with E-state index in [4.69, 9.17) is 0 Å². The molecule has 2 rings (SSSR count). The van der Waals surface area contributed by atoms with Gasteiger partial charge in [-0.05, 0) is 27.2 Å². The zero-order valence-corrected chi connectivity index (χ0v) is 15.6. The molecule has 0 bridgehead atoms. The van der Waals surface area contributed by atoms with Gasteiger partial charge < -0.3 is 10.2 Å². The third-order valence-electron chi connectivity index (χ3n) is 4.42. The minimum Gasteiger partial charge on any atom is -0.337 e. The van der Waals surface area contributed by atoms with Gasteiger partial charge in [-0.2, -0.15) is 0 Å². The van der Waals surface area contributed by atoms with Gasteiger partial charge >= 0.3 is 0 Å². The van der Waals surface area contributed by atoms with Gasteiger partial charge in [-0.25, -0.2) is 0 Å². The Balaban J connectivity index is 2.02. The van der Waals surface area contributed by atoms with Gasteiger partial charge in [-0.15, -0.1) is 10.2 Å². The van der Waals surface area contributed by atoms with E-state index in [1.54, 1.807) is 4.90 Å². The van der Waals surface area contributed by atoms with Crippen LogP contribution in [0.4, 0.5) is 5.13 Å². The first-order valence-corrected chi connectivity index (χ1v) is 8.81. The van der Waals surface area contributed by atoms with Gasteiger partial charge in [-0.3, -0.25) is 9.59 Å². The van der Waals surface area contributed by atoms with Crippen molar-refractivity contribution in [3.05, 3.63) is 5.01 Å². The molecule has 128 valence electrons. The number of carbonyl (C=O) groups excluding carboxylic acids is 2. The summed E-state index contributed by atoms with van der Waals surface area (Å²) in [6.45, 7) is 12.7. The fraction of sp³-hybridized carbons (Fsp3) is 0.750. The molecule has 0 radical (unpaired) electrons. The third kappa shape index (κ3) is 3.88. The molecule has 1 atom stereocenters. The second-order valence-corrected chi connectivity index (χ2v) is 8.69. The van der Waals surface area contributed by atoms with Crippen molar-refractivity contribution < 1.29 is 9.59 Å². The molecule has 23 heavy (non-hydrogen) atoms. The van der Waals surface area contributed by atoms with Crippen LogP contribution in [0.25, 0.3) is 0 Å². The first-order chi connectivity index (χ1) is 10.5. The van der Waals surface area contributed by atoms with Crippen LogP contribution in [0.2, 0.25) is 0 Å². The van der Waals surface area contributed by atoms with Gasteiger partial charge in [0.05, 0.1) is 5.92 Å². The lowest BCUT2D eigenvalue weighted by molar-refractivity contribution is -0.131. The van der Waals surface area contributed by atoms with Crippen LogP contribution in [-0.4, -0.2) is 39.0 Å². The predicted octanol–water partition coefficient (Wildman–Crippen LogP) is 2.81. The number of hydrogen-bond acceptors (Lipinski definition) is 5. The SMILES string of the molecule is CCC(C)(C)c1nnc(NC(=O)[C@@H]2CC(=O)N(C(C)(C)C)C2)s1. The molecule has 1 N–H and O–H groups in total. The van der Waals surface area contributed by atoms with Crippen LogP contribution >= 0.6 is 11.3 Å². The van der Waals surface area contributed by atoms with E-state index in [1.165, 1.54) is 11.3 Å². The molecule has 0 saturated carbocycles. The van der Waals surface area contributed by atoms with E-state index in [9.17, 15) is 9.59 Å². The Bertz CT molecular complexity index is 603. The first kappa shape index (κ1) is 17.8. The van der Waals surface area contributed by atoms with E-state index in [0.717, 1.165) is 11.4 Å². The number of hydrogen-bond donors (Lipinski definition) is 1. The molecule has 7 heteroatoms. The first-order valence-electron chi connectivity index (χ1n) is 8.00. The lowest BCUT2D eigenvalue weighted by atomic mass is 9.91. The van der Waals surface area contributed by atoms with E-state index in [1.807, 2.05) is 20.8 Å². The van der Waals surface area contributed by atoms with Crippen molar-refractivity contribution >= 4 is 28.3 Å². The smallest absolute Gasteiger partial charge is 0.231 e. The number of rotatable bonds is 4. The second kappa shape index (κ2) is 6.19. The zero-order chi connectivity index (χ0) is 17.4. The molecule has 1 aliphatic heterocycles. The maximum atomic E-state index is 12.4. The number of carbonyl (C=O) groups is 2. The van der Waals surface area contributed by atoms with Crippen LogP contribution in [0.3, 0.4) is 0 Å². The molecule has 0 aliphatic carbocycles. The maximum absolute atomic E-state index is 12.4. The normalized spacial score (nSPS) is 19.3. The van der Waals surface area contributed by atoms with E-state index in [2.05, 4.69) is 36.3 Å². The van der Waals surface area contributed by atoms with Gasteiger partial charge in [0.25, 0.3) is 0 Å². The third-order valence-corrected chi connectivity index (χ3v) is 5.63. The maximum Gasteiger partial charge on any atom is 0.231 e. The highest BCUT2D eigenvalue weighted by atomic mass is 32.1. The quantitative estimate of drug-likeness (QED) is 0.916. The summed E-state index contributed by atoms with van der Waals surface area (Å²) in [6.07, 6.45) is 1.21. The van der Waals surface area contributed by atoms with Gasteiger partial charge in [0, 0.05) is 23.9 Å². The minimum absolute atomic E-state index is 0.0303. The molecule has 1 fully saturated rings. The molecule has 6 nitrogen and oxygen atoms in total. The number of aromatic nitrogens is 2. The van der Waals surface area contributed by atoms with Gasteiger partial charge in [0.2, 0.25) is 16.9 Å². The van der Waals surface area contributed by atoms with Crippen molar-refractivity contribution in [2.45, 2.75) is 65.3 Å². The van der Waals surface area contributed by atoms with Crippen LogP contribution < -0.4 is 5.32 Å². The summed E-state index contributed by atoms with van der Waals surface area (Å²) in [5.41, 5.74) is -0.305. The molecule has 0 aromatic carbocycles. The van der Waals surface area contributed by atoms with Crippen molar-refractivity contribution in [3.63, 3.8) is 0 Å². The van der Waals surface area contributed by atoms with Crippen molar-refractivity contribution in [3.8, 4) is 0 Å². The van der Waals surface area contributed by atoms with E-state index < -0.39 is 0 Å². The topological polar surface area (TPSA) is 75.2 Å². The number of nitrogens with one attached hydrogen (secondary N) is 1. The lowest BCUT2D eigenvalue weighted by Crippen LogP contribution is -2.42. The number of likely N-dealkylation sites (tertiary alicyclic amines) is 1. The molecule has 1 saturated heterocycles. The largest absolute Gasteiger partial charge is 0.337 e. The highest BCUT2D eigenvalue weighted by Crippen LogP contribution is 2.32. The highest BCUT2D eigenvalue weighted by Gasteiger charge is 2.39. The van der Waals surface area contributed by atoms with Crippen molar-refractivity contribution in [1.29, 1.82) is 0 Å². The molecule has 2 heterocycles. The van der Waals surface area contributed by atoms with E-state index in [-0.39, 0.29) is 35.1 Å². The average molecular weight is 338 g/mol. The van der Waals surface area contributed by atoms with Crippen LogP contribution in [0.1, 0.15) is 59.4 Å². The van der Waals surface area contributed by atoms with Crippen LogP contribution in [0.15, 0.2) is 0 Å². The summed E-state index contributed by atoms with van der Waals surface area (Å²) in [4.78, 5) is 26.3. The van der Waals surface area contributed by atoms with Crippen molar-refractivity contribution in [2.75, 3.05) is 11.9 Å². The molecular formula is C16H26N4O2S. The number of anilines is 1. The second-order valence-electron chi connectivity index (χ2n) is 7.72. The van der Waals surface area contributed by atoms with Crippen LogP contribution in [-0.2, 0) is 15.0 Å². The summed E-state index contributed by atoms with van der Waals surface area (Å²) >= 11 is 1.41. The summed E-state index contributed by atoms with van der Waals surface area (Å²) < 4.78 is 0. The summed E-state index contributed by atoms with van der Waals surface area (Å²) in [5, 5.41) is 12.5. The fourth-order valence-electron chi connectivity index (χ4n) is 2.44. The van der Waals surface area contributed by atoms with E-state index in [0.29, 0.717) is 11.7 Å². The van der Waals surface area contributed by atoms with Gasteiger partial charge in [0.1, 0.15) is 5.01 Å². The molecular weight excluding hydrogens is 312 g/mol. The Morgan fingerprint density at radius 2 is 1.96 bits per heavy atom. The van der Waals surface area contributed by atoms with Crippen molar-refractivity contribution in [2.24, 2.45) is 5.92 Å². The van der Waals surface area contributed by atoms with Gasteiger partial charge in [0.15, 0.2) is 0 Å².